The first-order valence-electron chi connectivity index (χ1n) is 10.3. The van der Waals surface area contributed by atoms with Gasteiger partial charge in [-0.05, 0) is 31.5 Å². The molecule has 0 spiro atoms. The average molecular weight is 389 g/mol. The first-order valence-corrected chi connectivity index (χ1v) is 10.3. The van der Waals surface area contributed by atoms with Gasteiger partial charge in [-0.3, -0.25) is 4.79 Å². The molecular formula is C24H27N3O2. The lowest BCUT2D eigenvalue weighted by atomic mass is 10.1. The number of oxazole rings is 1. The van der Waals surface area contributed by atoms with Crippen molar-refractivity contribution in [3.05, 3.63) is 78.3 Å². The van der Waals surface area contributed by atoms with Crippen LogP contribution in [0.2, 0.25) is 0 Å². The number of nitrogens with one attached hydrogen (secondary N) is 1. The molecule has 1 N–H and O–H groups in total. The lowest BCUT2D eigenvalue weighted by Crippen LogP contribution is -2.37. The summed E-state index contributed by atoms with van der Waals surface area (Å²) in [5.41, 5.74) is 2.14. The van der Waals surface area contributed by atoms with Gasteiger partial charge in [-0.2, -0.15) is 0 Å². The van der Waals surface area contributed by atoms with Crippen LogP contribution >= 0.6 is 0 Å². The Labute approximate surface area is 171 Å². The summed E-state index contributed by atoms with van der Waals surface area (Å²) in [6.07, 6.45) is 5.05. The number of aryl methyl sites for hydroxylation is 1. The standard InChI is InChI=1S/C24H27N3O2/c28-23(13-14-24-25-17-22(29-24)20-11-5-2-6-12-20)26-21(18-27-15-7-8-16-27)19-9-3-1-4-10-19/h1-6,9-12,17,21H,7-8,13-16,18H2,(H,26,28). The van der Waals surface area contributed by atoms with Crippen LogP contribution in [0.25, 0.3) is 11.3 Å². The molecule has 5 heteroatoms. The van der Waals surface area contributed by atoms with Crippen molar-refractivity contribution in [1.82, 2.24) is 15.2 Å². The van der Waals surface area contributed by atoms with Crippen molar-refractivity contribution in [3.63, 3.8) is 0 Å². The molecule has 1 aromatic heterocycles. The van der Waals surface area contributed by atoms with E-state index in [0.29, 0.717) is 18.7 Å². The molecule has 3 aromatic rings. The Kier molecular flexibility index (Phi) is 6.37. The van der Waals surface area contributed by atoms with Gasteiger partial charge < -0.3 is 14.6 Å². The highest BCUT2D eigenvalue weighted by atomic mass is 16.4. The predicted octanol–water partition coefficient (Wildman–Crippen LogP) is 4.23. The van der Waals surface area contributed by atoms with Gasteiger partial charge in [0.25, 0.3) is 0 Å². The van der Waals surface area contributed by atoms with Crippen LogP contribution in [-0.2, 0) is 11.2 Å². The molecule has 2 heterocycles. The number of benzene rings is 2. The maximum absolute atomic E-state index is 12.7. The number of hydrogen-bond donors (Lipinski definition) is 1. The molecule has 1 atom stereocenters. The Balaban J connectivity index is 1.35. The van der Waals surface area contributed by atoms with E-state index in [1.165, 1.54) is 12.8 Å². The number of rotatable bonds is 8. The van der Waals surface area contributed by atoms with Crippen LogP contribution in [0.3, 0.4) is 0 Å². The maximum atomic E-state index is 12.7. The van der Waals surface area contributed by atoms with Gasteiger partial charge in [-0.15, -0.1) is 0 Å². The Morgan fingerprint density at radius 3 is 2.45 bits per heavy atom. The first-order chi connectivity index (χ1) is 14.3. The summed E-state index contributed by atoms with van der Waals surface area (Å²) in [6, 6.07) is 20.1. The van der Waals surface area contributed by atoms with E-state index in [9.17, 15) is 4.79 Å². The van der Waals surface area contributed by atoms with Crippen molar-refractivity contribution < 1.29 is 9.21 Å². The second-order valence-electron chi connectivity index (χ2n) is 7.52. The van der Waals surface area contributed by atoms with Crippen molar-refractivity contribution in [2.75, 3.05) is 19.6 Å². The smallest absolute Gasteiger partial charge is 0.221 e. The summed E-state index contributed by atoms with van der Waals surface area (Å²) in [5.74, 6) is 1.35. The molecule has 1 saturated heterocycles. The topological polar surface area (TPSA) is 58.4 Å². The zero-order valence-corrected chi connectivity index (χ0v) is 16.6. The first kappa shape index (κ1) is 19.4. The van der Waals surface area contributed by atoms with E-state index in [4.69, 9.17) is 4.42 Å². The molecule has 150 valence electrons. The summed E-state index contributed by atoms with van der Waals surface area (Å²) in [6.45, 7) is 3.07. The average Bonchev–Trinajstić information content (AvgIpc) is 3.45. The van der Waals surface area contributed by atoms with Crippen LogP contribution in [-0.4, -0.2) is 35.4 Å². The largest absolute Gasteiger partial charge is 0.441 e. The molecule has 0 bridgehead atoms. The summed E-state index contributed by atoms with van der Waals surface area (Å²) in [7, 11) is 0. The van der Waals surface area contributed by atoms with Gasteiger partial charge in [0.15, 0.2) is 11.7 Å². The quantitative estimate of drug-likeness (QED) is 0.626. The van der Waals surface area contributed by atoms with E-state index in [1.807, 2.05) is 48.5 Å². The Morgan fingerprint density at radius 2 is 1.72 bits per heavy atom. The summed E-state index contributed by atoms with van der Waals surface area (Å²) >= 11 is 0. The van der Waals surface area contributed by atoms with Crippen LogP contribution in [0.5, 0.6) is 0 Å². The molecule has 0 saturated carbocycles. The number of carbonyl (C=O) groups excluding carboxylic acids is 1. The highest BCUT2D eigenvalue weighted by Gasteiger charge is 2.21. The van der Waals surface area contributed by atoms with Crippen LogP contribution in [0.4, 0.5) is 0 Å². The Bertz CT molecular complexity index is 902. The van der Waals surface area contributed by atoms with Crippen molar-refractivity contribution >= 4 is 5.91 Å². The van der Waals surface area contributed by atoms with E-state index in [0.717, 1.165) is 36.5 Å². The molecule has 0 aliphatic carbocycles. The third kappa shape index (κ3) is 5.33. The van der Waals surface area contributed by atoms with E-state index >= 15 is 0 Å². The van der Waals surface area contributed by atoms with Gasteiger partial charge in [-0.25, -0.2) is 4.98 Å². The number of aromatic nitrogens is 1. The molecule has 1 aliphatic heterocycles. The fourth-order valence-electron chi connectivity index (χ4n) is 3.79. The summed E-state index contributed by atoms with van der Waals surface area (Å²) in [5, 5.41) is 3.22. The minimum atomic E-state index is 0.00578. The number of hydrogen-bond acceptors (Lipinski definition) is 4. The van der Waals surface area contributed by atoms with Crippen molar-refractivity contribution in [1.29, 1.82) is 0 Å². The summed E-state index contributed by atoms with van der Waals surface area (Å²) < 4.78 is 5.82. The van der Waals surface area contributed by atoms with Gasteiger partial charge in [0.05, 0.1) is 12.2 Å². The van der Waals surface area contributed by atoms with Gasteiger partial charge in [0.2, 0.25) is 5.91 Å². The van der Waals surface area contributed by atoms with E-state index < -0.39 is 0 Å². The van der Waals surface area contributed by atoms with Crippen LogP contribution in [0.15, 0.2) is 71.3 Å². The van der Waals surface area contributed by atoms with E-state index in [2.05, 4.69) is 27.3 Å². The number of nitrogens with zero attached hydrogens (tertiary/aromatic N) is 2. The van der Waals surface area contributed by atoms with Crippen molar-refractivity contribution in [2.24, 2.45) is 0 Å². The number of carbonyl (C=O) groups is 1. The van der Waals surface area contributed by atoms with Crippen molar-refractivity contribution in [3.8, 4) is 11.3 Å². The zero-order valence-electron chi connectivity index (χ0n) is 16.6. The lowest BCUT2D eigenvalue weighted by molar-refractivity contribution is -0.122. The minimum Gasteiger partial charge on any atom is -0.441 e. The highest BCUT2D eigenvalue weighted by Crippen LogP contribution is 2.21. The SMILES string of the molecule is O=C(CCc1ncc(-c2ccccc2)o1)NC(CN1CCCC1)c1ccccc1. The second kappa shape index (κ2) is 9.52. The molecular weight excluding hydrogens is 362 g/mol. The van der Waals surface area contributed by atoms with E-state index in [-0.39, 0.29) is 11.9 Å². The van der Waals surface area contributed by atoms with Gasteiger partial charge in [-0.1, -0.05) is 60.7 Å². The predicted molar refractivity (Wildman–Crippen MR) is 113 cm³/mol. The number of amides is 1. The third-order valence-corrected chi connectivity index (χ3v) is 5.35. The molecule has 29 heavy (non-hydrogen) atoms. The Hall–Kier alpha value is -2.92. The van der Waals surface area contributed by atoms with E-state index in [1.54, 1.807) is 6.20 Å². The molecule has 1 unspecified atom stereocenters. The van der Waals surface area contributed by atoms with Crippen LogP contribution < -0.4 is 5.32 Å². The monoisotopic (exact) mass is 389 g/mol. The maximum Gasteiger partial charge on any atom is 0.221 e. The van der Waals surface area contributed by atoms with Gasteiger partial charge in [0, 0.05) is 24.9 Å². The Morgan fingerprint density at radius 1 is 1.03 bits per heavy atom. The zero-order chi connectivity index (χ0) is 19.9. The molecule has 2 aromatic carbocycles. The van der Waals surface area contributed by atoms with Crippen molar-refractivity contribution in [2.45, 2.75) is 31.7 Å². The summed E-state index contributed by atoms with van der Waals surface area (Å²) in [4.78, 5) is 19.4. The molecule has 5 nitrogen and oxygen atoms in total. The second-order valence-corrected chi connectivity index (χ2v) is 7.52. The molecule has 1 aliphatic rings. The van der Waals surface area contributed by atoms with Gasteiger partial charge >= 0.3 is 0 Å². The number of likely N-dealkylation sites (tertiary alicyclic amines) is 1. The van der Waals surface area contributed by atoms with Crippen LogP contribution in [0.1, 0.15) is 36.8 Å². The third-order valence-electron chi connectivity index (χ3n) is 5.35. The molecule has 1 amide bonds. The normalized spacial score (nSPS) is 15.3. The molecule has 1 fully saturated rings. The molecule has 4 rings (SSSR count). The highest BCUT2D eigenvalue weighted by molar-refractivity contribution is 5.76. The minimum absolute atomic E-state index is 0.00578. The fourth-order valence-corrected chi connectivity index (χ4v) is 3.79. The fraction of sp³-hybridized carbons (Fsp3) is 0.333. The lowest BCUT2D eigenvalue weighted by Gasteiger charge is -2.25. The molecule has 0 radical (unpaired) electrons. The van der Waals surface area contributed by atoms with Gasteiger partial charge in [0.1, 0.15) is 0 Å². The van der Waals surface area contributed by atoms with Crippen LogP contribution in [0, 0.1) is 0 Å².